The van der Waals surface area contributed by atoms with Crippen molar-refractivity contribution < 1.29 is 9.53 Å². The highest BCUT2D eigenvalue weighted by molar-refractivity contribution is 9.10. The average Bonchev–Trinajstić information content (AvgIpc) is 3.25. The van der Waals surface area contributed by atoms with Gasteiger partial charge in [0.15, 0.2) is 0 Å². The van der Waals surface area contributed by atoms with E-state index in [2.05, 4.69) is 26.3 Å². The van der Waals surface area contributed by atoms with Gasteiger partial charge in [0.1, 0.15) is 12.4 Å². The van der Waals surface area contributed by atoms with Crippen molar-refractivity contribution in [3.8, 4) is 5.75 Å². The van der Waals surface area contributed by atoms with Gasteiger partial charge in [-0.05, 0) is 46.4 Å². The summed E-state index contributed by atoms with van der Waals surface area (Å²) in [6.45, 7) is 3.66. The van der Waals surface area contributed by atoms with Gasteiger partial charge in [-0.15, -0.1) is 11.3 Å². The van der Waals surface area contributed by atoms with Gasteiger partial charge in [0.05, 0.1) is 27.8 Å². The van der Waals surface area contributed by atoms with Crippen LogP contribution in [0.1, 0.15) is 27.9 Å². The third kappa shape index (κ3) is 4.49. The first-order valence-electron chi connectivity index (χ1n) is 7.91. The summed E-state index contributed by atoms with van der Waals surface area (Å²) in [6, 6.07) is 11.5. The third-order valence-corrected chi connectivity index (χ3v) is 5.28. The number of nitrogens with zero attached hydrogens (tertiary/aromatic N) is 2. The molecule has 5 nitrogen and oxygen atoms in total. The molecule has 7 heteroatoms. The Bertz CT molecular complexity index is 845. The molecule has 2 heterocycles. The minimum Gasteiger partial charge on any atom is -0.489 e. The Hall–Kier alpha value is -2.12. The van der Waals surface area contributed by atoms with E-state index >= 15 is 0 Å². The number of rotatable bonds is 7. The molecule has 3 rings (SSSR count). The van der Waals surface area contributed by atoms with Gasteiger partial charge in [0.25, 0.3) is 5.91 Å². The molecule has 0 aliphatic rings. The van der Waals surface area contributed by atoms with Crippen molar-refractivity contribution in [2.75, 3.05) is 0 Å². The number of carbonyl (C=O) groups is 1. The summed E-state index contributed by atoms with van der Waals surface area (Å²) >= 11 is 4.88. The average molecular weight is 420 g/mol. The molecule has 0 aliphatic carbocycles. The van der Waals surface area contributed by atoms with E-state index in [0.717, 1.165) is 28.0 Å². The summed E-state index contributed by atoms with van der Waals surface area (Å²) < 4.78 is 8.47. The Kier molecular flexibility index (Phi) is 5.88. The van der Waals surface area contributed by atoms with Crippen LogP contribution >= 0.6 is 27.3 Å². The number of ether oxygens (including phenoxy) is 1. The van der Waals surface area contributed by atoms with E-state index in [0.29, 0.717) is 18.0 Å². The molecule has 0 unspecified atom stereocenters. The lowest BCUT2D eigenvalue weighted by Gasteiger charge is -2.07. The normalized spacial score (nSPS) is 10.6. The first-order chi connectivity index (χ1) is 12.2. The van der Waals surface area contributed by atoms with Crippen LogP contribution < -0.4 is 10.1 Å². The van der Waals surface area contributed by atoms with Crippen LogP contribution in [0.4, 0.5) is 0 Å². The van der Waals surface area contributed by atoms with Gasteiger partial charge in [0, 0.05) is 12.1 Å². The lowest BCUT2D eigenvalue weighted by Crippen LogP contribution is -2.23. The van der Waals surface area contributed by atoms with E-state index in [1.54, 1.807) is 6.20 Å². The SMILES string of the molecule is CCn1ncc(Br)c1CNC(=O)c1cc(COc2ccccc2)cs1. The zero-order valence-corrected chi connectivity index (χ0v) is 16.1. The topological polar surface area (TPSA) is 56.2 Å². The Morgan fingerprint density at radius 3 is 2.92 bits per heavy atom. The highest BCUT2D eigenvalue weighted by atomic mass is 79.9. The van der Waals surface area contributed by atoms with Gasteiger partial charge >= 0.3 is 0 Å². The fraction of sp³-hybridized carbons (Fsp3) is 0.222. The summed E-state index contributed by atoms with van der Waals surface area (Å²) in [5.74, 6) is 0.726. The number of halogens is 1. The maximum atomic E-state index is 12.4. The Morgan fingerprint density at radius 2 is 2.16 bits per heavy atom. The highest BCUT2D eigenvalue weighted by Gasteiger charge is 2.12. The first kappa shape index (κ1) is 17.7. The number of thiophene rings is 1. The second kappa shape index (κ2) is 8.31. The van der Waals surface area contributed by atoms with Gasteiger partial charge in [-0.3, -0.25) is 9.48 Å². The van der Waals surface area contributed by atoms with E-state index in [1.165, 1.54) is 11.3 Å². The minimum absolute atomic E-state index is 0.0910. The molecular weight excluding hydrogens is 402 g/mol. The number of hydrogen-bond donors (Lipinski definition) is 1. The van der Waals surface area contributed by atoms with Crippen LogP contribution in [0.25, 0.3) is 0 Å². The number of amides is 1. The molecule has 1 N–H and O–H groups in total. The highest BCUT2D eigenvalue weighted by Crippen LogP contribution is 2.19. The molecule has 0 atom stereocenters. The first-order valence-corrected chi connectivity index (χ1v) is 9.58. The summed E-state index contributed by atoms with van der Waals surface area (Å²) in [6.07, 6.45) is 1.75. The second-order valence-electron chi connectivity index (χ2n) is 5.36. The molecule has 0 aliphatic heterocycles. The zero-order chi connectivity index (χ0) is 17.6. The number of benzene rings is 1. The Balaban J connectivity index is 1.56. The summed E-state index contributed by atoms with van der Waals surface area (Å²) in [4.78, 5) is 13.0. The second-order valence-corrected chi connectivity index (χ2v) is 7.12. The van der Waals surface area contributed by atoms with Crippen LogP contribution in [0, 0.1) is 0 Å². The van der Waals surface area contributed by atoms with Crippen LogP contribution in [0.3, 0.4) is 0 Å². The summed E-state index contributed by atoms with van der Waals surface area (Å²) in [5.41, 5.74) is 1.94. The Labute approximate surface area is 158 Å². The lowest BCUT2D eigenvalue weighted by atomic mass is 10.3. The van der Waals surface area contributed by atoms with Crippen LogP contribution in [0.2, 0.25) is 0 Å². The van der Waals surface area contributed by atoms with Gasteiger partial charge in [-0.2, -0.15) is 5.10 Å². The van der Waals surface area contributed by atoms with Crippen LogP contribution in [0.5, 0.6) is 5.75 Å². The largest absolute Gasteiger partial charge is 0.489 e. The summed E-state index contributed by atoms with van der Waals surface area (Å²) in [7, 11) is 0. The number of hydrogen-bond acceptors (Lipinski definition) is 4. The van der Waals surface area contributed by atoms with Crippen molar-refractivity contribution >= 4 is 33.2 Å². The number of carbonyl (C=O) groups excluding carboxylic acids is 1. The summed E-state index contributed by atoms with van der Waals surface area (Å²) in [5, 5.41) is 9.14. The molecule has 0 saturated carbocycles. The molecule has 0 saturated heterocycles. The molecule has 0 fully saturated rings. The van der Waals surface area contributed by atoms with Crippen LogP contribution in [-0.4, -0.2) is 15.7 Å². The maximum absolute atomic E-state index is 12.4. The molecule has 3 aromatic rings. The fourth-order valence-electron chi connectivity index (χ4n) is 2.34. The lowest BCUT2D eigenvalue weighted by molar-refractivity contribution is 0.0954. The maximum Gasteiger partial charge on any atom is 0.261 e. The molecule has 25 heavy (non-hydrogen) atoms. The fourth-order valence-corrected chi connectivity index (χ4v) is 3.59. The number of aryl methyl sites for hydroxylation is 1. The van der Waals surface area contributed by atoms with E-state index in [1.807, 2.05) is 53.4 Å². The van der Waals surface area contributed by atoms with Gasteiger partial charge in [0.2, 0.25) is 0 Å². The van der Waals surface area contributed by atoms with Crippen molar-refractivity contribution in [3.63, 3.8) is 0 Å². The molecule has 0 spiro atoms. The van der Waals surface area contributed by atoms with Crippen molar-refractivity contribution in [2.45, 2.75) is 26.6 Å². The van der Waals surface area contributed by atoms with Gasteiger partial charge < -0.3 is 10.1 Å². The minimum atomic E-state index is -0.0910. The van der Waals surface area contributed by atoms with Crippen LogP contribution in [0.15, 0.2) is 52.4 Å². The molecule has 2 aromatic heterocycles. The van der Waals surface area contributed by atoms with Crippen molar-refractivity contribution in [1.29, 1.82) is 0 Å². The number of para-hydroxylation sites is 1. The van der Waals surface area contributed by atoms with Crippen LogP contribution in [-0.2, 0) is 19.7 Å². The quantitative estimate of drug-likeness (QED) is 0.622. The zero-order valence-electron chi connectivity index (χ0n) is 13.7. The van der Waals surface area contributed by atoms with E-state index in [4.69, 9.17) is 4.74 Å². The molecule has 0 radical (unpaired) electrons. The molecule has 1 aromatic carbocycles. The monoisotopic (exact) mass is 419 g/mol. The molecule has 0 bridgehead atoms. The molecular formula is C18H18BrN3O2S. The van der Waals surface area contributed by atoms with E-state index < -0.39 is 0 Å². The van der Waals surface area contributed by atoms with Crippen molar-refractivity contribution in [3.05, 3.63) is 68.6 Å². The smallest absolute Gasteiger partial charge is 0.261 e. The molecule has 130 valence electrons. The van der Waals surface area contributed by atoms with Gasteiger partial charge in [-0.25, -0.2) is 0 Å². The third-order valence-electron chi connectivity index (χ3n) is 3.64. The predicted octanol–water partition coefficient (Wildman–Crippen LogP) is 4.24. The standard InChI is InChI=1S/C18H18BrN3O2S/c1-2-22-16(15(19)9-21-22)10-20-18(23)17-8-13(12-25-17)11-24-14-6-4-3-5-7-14/h3-9,12H,2,10-11H2,1H3,(H,20,23). The number of nitrogens with one attached hydrogen (secondary N) is 1. The Morgan fingerprint density at radius 1 is 1.36 bits per heavy atom. The number of aromatic nitrogens is 2. The predicted molar refractivity (Wildman–Crippen MR) is 102 cm³/mol. The van der Waals surface area contributed by atoms with Crippen molar-refractivity contribution in [1.82, 2.24) is 15.1 Å². The van der Waals surface area contributed by atoms with E-state index in [9.17, 15) is 4.79 Å². The molecule has 1 amide bonds. The van der Waals surface area contributed by atoms with Gasteiger partial charge in [-0.1, -0.05) is 18.2 Å². The van der Waals surface area contributed by atoms with E-state index in [-0.39, 0.29) is 5.91 Å². The van der Waals surface area contributed by atoms with Crippen molar-refractivity contribution in [2.24, 2.45) is 0 Å².